The Balaban J connectivity index is 1.81. The number of aliphatic hydroxyl groups is 3. The molecule has 5 rings (SSSR count). The molecule has 0 saturated carbocycles. The van der Waals surface area contributed by atoms with Crippen molar-refractivity contribution >= 4 is 23.0 Å². The van der Waals surface area contributed by atoms with Crippen molar-refractivity contribution < 1.29 is 45.5 Å². The minimum atomic E-state index is -1.57. The van der Waals surface area contributed by atoms with Crippen LogP contribution in [0.5, 0.6) is 5.75 Å². The molecule has 0 amide bonds. The largest absolute Gasteiger partial charge is 0.628 e. The lowest BCUT2D eigenvalue weighted by Crippen LogP contribution is -3.23. The first kappa shape index (κ1) is 21.9. The van der Waals surface area contributed by atoms with Gasteiger partial charge < -0.3 is 56.3 Å². The van der Waals surface area contributed by atoms with Crippen molar-refractivity contribution in [2.75, 3.05) is 0 Å². The summed E-state index contributed by atoms with van der Waals surface area (Å²) in [6, 6.07) is -2.86. The van der Waals surface area contributed by atoms with Gasteiger partial charge in [-0.1, -0.05) is 12.2 Å². The SMILES string of the molecule is O=C(O)c1cc(O)c(C2=CC(O)=C3C(O)=CC=CC3[NH+]2[O-])c2c1[NH+]([O-])C1C=CC=C(O)C1[NH+]2[O-]. The molecular weight excluding hydrogens is 450 g/mol. The smallest absolute Gasteiger partial charge is 0.342 e. The fourth-order valence-electron chi connectivity index (χ4n) is 4.90. The second kappa shape index (κ2) is 7.56. The van der Waals surface area contributed by atoms with Crippen molar-refractivity contribution in [1.29, 1.82) is 0 Å². The van der Waals surface area contributed by atoms with E-state index in [-0.39, 0.29) is 17.0 Å². The fourth-order valence-corrected chi connectivity index (χ4v) is 4.90. The van der Waals surface area contributed by atoms with Crippen molar-refractivity contribution in [1.82, 2.24) is 0 Å². The van der Waals surface area contributed by atoms with Crippen LogP contribution in [-0.4, -0.2) is 49.6 Å². The summed E-state index contributed by atoms with van der Waals surface area (Å²) in [5.41, 5.74) is -2.46. The van der Waals surface area contributed by atoms with Crippen LogP contribution in [0.25, 0.3) is 5.70 Å². The van der Waals surface area contributed by atoms with Crippen LogP contribution >= 0.6 is 0 Å². The number of carboxylic acid groups (broad SMARTS) is 1. The molecular formula is C22H19N3O9. The molecule has 2 heterocycles. The number of aromatic carboxylic acids is 1. The predicted octanol–water partition coefficient (Wildman–Crippen LogP) is -1.19. The lowest BCUT2D eigenvalue weighted by Gasteiger charge is -2.46. The van der Waals surface area contributed by atoms with Crippen molar-refractivity contribution in [3.63, 3.8) is 0 Å². The van der Waals surface area contributed by atoms with Crippen molar-refractivity contribution in [2.45, 2.75) is 18.1 Å². The molecule has 12 heteroatoms. The molecule has 2 aliphatic carbocycles. The number of allylic oxidation sites excluding steroid dienone is 5. The quantitative estimate of drug-likeness (QED) is 0.194. The van der Waals surface area contributed by atoms with Crippen molar-refractivity contribution in [3.05, 3.63) is 98.2 Å². The van der Waals surface area contributed by atoms with E-state index in [9.17, 15) is 45.9 Å². The normalized spacial score (nSPS) is 31.7. The molecule has 8 N–H and O–H groups in total. The van der Waals surface area contributed by atoms with Gasteiger partial charge in [0, 0.05) is 12.1 Å². The third-order valence-electron chi connectivity index (χ3n) is 6.40. The first-order valence-corrected chi connectivity index (χ1v) is 10.2. The van der Waals surface area contributed by atoms with E-state index in [0.29, 0.717) is 0 Å². The van der Waals surface area contributed by atoms with E-state index in [2.05, 4.69) is 0 Å². The number of fused-ring (bicyclic) bond motifs is 3. The Kier molecular flexibility index (Phi) is 4.87. The summed E-state index contributed by atoms with van der Waals surface area (Å²) in [6.45, 7) is 0. The minimum Gasteiger partial charge on any atom is -0.628 e. The highest BCUT2D eigenvalue weighted by Crippen LogP contribution is 2.39. The maximum absolute atomic E-state index is 13.6. The first-order chi connectivity index (χ1) is 16.1. The van der Waals surface area contributed by atoms with Crippen LogP contribution in [0.3, 0.4) is 0 Å². The van der Waals surface area contributed by atoms with Gasteiger partial charge in [-0.15, -0.1) is 0 Å². The number of nitrogens with one attached hydrogen (secondary N) is 3. The Morgan fingerprint density at radius 1 is 0.912 bits per heavy atom. The minimum absolute atomic E-state index is 0.0628. The van der Waals surface area contributed by atoms with Crippen LogP contribution in [-0.2, 0) is 0 Å². The Labute approximate surface area is 191 Å². The number of aliphatic hydroxyl groups excluding tert-OH is 3. The Hall–Kier alpha value is -3.91. The first-order valence-electron chi connectivity index (χ1n) is 10.2. The highest BCUT2D eigenvalue weighted by atomic mass is 16.5. The molecule has 34 heavy (non-hydrogen) atoms. The van der Waals surface area contributed by atoms with Crippen LogP contribution in [0.4, 0.5) is 11.4 Å². The molecule has 1 aromatic rings. The van der Waals surface area contributed by atoms with E-state index in [0.717, 1.165) is 12.1 Å². The molecule has 2 aliphatic heterocycles. The van der Waals surface area contributed by atoms with Crippen LogP contribution in [0.2, 0.25) is 0 Å². The number of benzene rings is 1. The number of carboxylic acids is 1. The second-order valence-corrected chi connectivity index (χ2v) is 8.22. The zero-order chi connectivity index (χ0) is 24.5. The monoisotopic (exact) mass is 469 g/mol. The van der Waals surface area contributed by atoms with E-state index in [1.165, 1.54) is 36.5 Å². The fraction of sp³-hybridized carbons (Fsp3) is 0.136. The van der Waals surface area contributed by atoms with Crippen LogP contribution in [0.1, 0.15) is 15.9 Å². The summed E-state index contributed by atoms with van der Waals surface area (Å²) < 4.78 is 0. The van der Waals surface area contributed by atoms with Gasteiger partial charge in [-0.2, -0.15) is 0 Å². The Morgan fingerprint density at radius 3 is 2.32 bits per heavy atom. The average Bonchev–Trinajstić information content (AvgIpc) is 2.79. The van der Waals surface area contributed by atoms with Gasteiger partial charge in [-0.3, -0.25) is 0 Å². The number of hydrogen-bond acceptors (Lipinski definition) is 8. The zero-order valence-corrected chi connectivity index (χ0v) is 17.2. The molecule has 4 aliphatic rings. The third kappa shape index (κ3) is 2.92. The molecule has 12 nitrogen and oxygen atoms in total. The molecule has 0 aromatic heterocycles. The van der Waals surface area contributed by atoms with Gasteiger partial charge in [0.25, 0.3) is 0 Å². The highest BCUT2D eigenvalue weighted by molar-refractivity contribution is 5.98. The number of carbonyl (C=O) groups is 1. The summed E-state index contributed by atoms with van der Waals surface area (Å²) >= 11 is 0. The van der Waals surface area contributed by atoms with Gasteiger partial charge in [-0.25, -0.2) is 4.79 Å². The van der Waals surface area contributed by atoms with E-state index >= 15 is 0 Å². The number of rotatable bonds is 2. The molecule has 1 aromatic carbocycles. The van der Waals surface area contributed by atoms with Gasteiger partial charge in [0.15, 0.2) is 17.5 Å². The van der Waals surface area contributed by atoms with Gasteiger partial charge in [0.1, 0.15) is 34.4 Å². The lowest BCUT2D eigenvalue weighted by atomic mass is 9.89. The number of hydrogen-bond donors (Lipinski definition) is 8. The maximum atomic E-state index is 13.6. The summed E-state index contributed by atoms with van der Waals surface area (Å²) in [5.74, 6) is -3.58. The predicted molar refractivity (Wildman–Crippen MR) is 116 cm³/mol. The summed E-state index contributed by atoms with van der Waals surface area (Å²) in [7, 11) is 0. The number of phenolic OH excluding ortho intramolecular Hbond substituents is 1. The second-order valence-electron chi connectivity index (χ2n) is 8.22. The maximum Gasteiger partial charge on any atom is 0.342 e. The molecule has 0 fully saturated rings. The summed E-state index contributed by atoms with van der Waals surface area (Å²) in [4.78, 5) is 11.9. The van der Waals surface area contributed by atoms with Crippen LogP contribution < -0.4 is 15.2 Å². The lowest BCUT2D eigenvalue weighted by molar-refractivity contribution is -0.904. The number of aromatic hydroxyl groups is 1. The van der Waals surface area contributed by atoms with Gasteiger partial charge in [0.2, 0.25) is 17.4 Å². The Morgan fingerprint density at radius 2 is 1.62 bits per heavy atom. The summed E-state index contributed by atoms with van der Waals surface area (Å²) in [6.07, 6.45) is 9.01. The molecule has 6 atom stereocenters. The van der Waals surface area contributed by atoms with Gasteiger partial charge in [-0.05, 0) is 24.3 Å². The number of quaternary nitrogens is 3. The molecule has 0 spiro atoms. The van der Waals surface area contributed by atoms with E-state index in [1.807, 2.05) is 0 Å². The van der Waals surface area contributed by atoms with Gasteiger partial charge >= 0.3 is 5.97 Å². The van der Waals surface area contributed by atoms with E-state index in [4.69, 9.17) is 0 Å². The number of hydroxylamine groups is 4. The average molecular weight is 469 g/mol. The third-order valence-corrected chi connectivity index (χ3v) is 6.40. The van der Waals surface area contributed by atoms with Crippen molar-refractivity contribution in [2.24, 2.45) is 0 Å². The molecule has 176 valence electrons. The molecule has 0 bridgehead atoms. The summed E-state index contributed by atoms with van der Waals surface area (Å²) in [5, 5.41) is 89.3. The van der Waals surface area contributed by atoms with Crippen LogP contribution in [0.15, 0.2) is 71.4 Å². The molecule has 6 unspecified atom stereocenters. The number of phenols is 1. The topological polar surface area (TPSA) is 201 Å². The molecule has 0 radical (unpaired) electrons. The molecule has 0 saturated heterocycles. The zero-order valence-electron chi connectivity index (χ0n) is 17.2. The highest BCUT2D eigenvalue weighted by Gasteiger charge is 2.49. The van der Waals surface area contributed by atoms with E-state index < -0.39 is 79.1 Å². The van der Waals surface area contributed by atoms with E-state index in [1.54, 1.807) is 0 Å². The van der Waals surface area contributed by atoms with Crippen molar-refractivity contribution in [3.8, 4) is 5.75 Å². The standard InChI is InChI=1S/C22H19N3O9/c26-13-5-1-3-10-17(13)16(29)8-12(23(10)32)18-15(28)7-9(22(30)31)19-21(18)25(34)20-11(24(19)33)4-2-6-14(20)27/h1-8,10-11,20,23-29H,(H,30,31). The van der Waals surface area contributed by atoms with Crippen LogP contribution in [0, 0.1) is 15.6 Å². The Bertz CT molecular complexity index is 1310. The van der Waals surface area contributed by atoms with Gasteiger partial charge in [0.05, 0.1) is 5.57 Å².